The molecule has 0 heterocycles. The summed E-state index contributed by atoms with van der Waals surface area (Å²) in [6.07, 6.45) is 4.66. The largest absolute Gasteiger partial charge is 0.466 e. The first kappa shape index (κ1) is 12.5. The zero-order chi connectivity index (χ0) is 11.8. The predicted molar refractivity (Wildman–Crippen MR) is 62.9 cm³/mol. The molecule has 0 fully saturated rings. The summed E-state index contributed by atoms with van der Waals surface area (Å²) in [5, 5.41) is 8.78. The van der Waals surface area contributed by atoms with Crippen molar-refractivity contribution in [1.29, 1.82) is 0 Å². The summed E-state index contributed by atoms with van der Waals surface area (Å²) in [7, 11) is 1.35. The summed E-state index contributed by atoms with van der Waals surface area (Å²) in [4.78, 5) is 11.0. The van der Waals surface area contributed by atoms with Gasteiger partial charge in [0.2, 0.25) is 0 Å². The van der Waals surface area contributed by atoms with Gasteiger partial charge in [-0.15, -0.1) is 0 Å². The number of aliphatic hydroxyl groups is 1. The number of carbonyl (C=O) groups is 1. The highest BCUT2D eigenvalue weighted by atomic mass is 16.5. The van der Waals surface area contributed by atoms with Gasteiger partial charge in [0.1, 0.15) is 0 Å². The molecule has 0 aromatic heterocycles. The van der Waals surface area contributed by atoms with E-state index in [9.17, 15) is 4.79 Å². The van der Waals surface area contributed by atoms with Gasteiger partial charge >= 0.3 is 5.97 Å². The summed E-state index contributed by atoms with van der Waals surface area (Å²) in [6.45, 7) is 0.176. The highest BCUT2D eigenvalue weighted by Crippen LogP contribution is 2.12. The topological polar surface area (TPSA) is 46.5 Å². The van der Waals surface area contributed by atoms with Crippen LogP contribution in [-0.4, -0.2) is 24.8 Å². The molecule has 0 atom stereocenters. The third-order valence-electron chi connectivity index (χ3n) is 2.26. The van der Waals surface area contributed by atoms with Gasteiger partial charge in [0.15, 0.2) is 0 Å². The first-order valence-electron chi connectivity index (χ1n) is 5.22. The first-order chi connectivity index (χ1) is 7.77. The van der Waals surface area contributed by atoms with Crippen molar-refractivity contribution in [2.45, 2.75) is 12.8 Å². The van der Waals surface area contributed by atoms with Crippen molar-refractivity contribution in [3.8, 4) is 0 Å². The summed E-state index contributed by atoms with van der Waals surface area (Å²) in [5.74, 6) is -0.364. The molecule has 0 amide bonds. The van der Waals surface area contributed by atoms with E-state index in [1.165, 1.54) is 13.2 Å². The maximum atomic E-state index is 11.0. The Kier molecular flexibility index (Phi) is 5.29. The second-order valence-electron chi connectivity index (χ2n) is 3.38. The SMILES string of the molecule is COC(=O)C=Cc1ccccc1CCCO. The molecule has 0 unspecified atom stereocenters. The van der Waals surface area contributed by atoms with Crippen LogP contribution in [-0.2, 0) is 16.0 Å². The van der Waals surface area contributed by atoms with Crippen molar-refractivity contribution in [3.63, 3.8) is 0 Å². The summed E-state index contributed by atoms with van der Waals surface area (Å²) in [6, 6.07) is 7.79. The molecule has 0 radical (unpaired) electrons. The number of esters is 1. The fourth-order valence-electron chi connectivity index (χ4n) is 1.42. The number of carbonyl (C=O) groups excluding carboxylic acids is 1. The van der Waals surface area contributed by atoms with Gasteiger partial charge in [0.05, 0.1) is 7.11 Å². The van der Waals surface area contributed by atoms with Crippen molar-refractivity contribution < 1.29 is 14.6 Å². The number of hydrogen-bond donors (Lipinski definition) is 1. The number of methoxy groups -OCH3 is 1. The molecule has 0 aliphatic rings. The van der Waals surface area contributed by atoms with Crippen LogP contribution in [0, 0.1) is 0 Å². The number of hydrogen-bond acceptors (Lipinski definition) is 3. The maximum absolute atomic E-state index is 11.0. The molecule has 0 saturated heterocycles. The summed E-state index contributed by atoms with van der Waals surface area (Å²) in [5.41, 5.74) is 2.11. The molecule has 0 bridgehead atoms. The lowest BCUT2D eigenvalue weighted by molar-refractivity contribution is -0.134. The van der Waals surface area contributed by atoms with Crippen molar-refractivity contribution >= 4 is 12.0 Å². The van der Waals surface area contributed by atoms with E-state index in [4.69, 9.17) is 5.11 Å². The number of aryl methyl sites for hydroxylation is 1. The quantitative estimate of drug-likeness (QED) is 0.608. The van der Waals surface area contributed by atoms with Crippen LogP contribution >= 0.6 is 0 Å². The van der Waals surface area contributed by atoms with Crippen molar-refractivity contribution in [2.75, 3.05) is 13.7 Å². The molecule has 0 saturated carbocycles. The Morgan fingerprint density at radius 1 is 1.44 bits per heavy atom. The third kappa shape index (κ3) is 3.87. The molecular formula is C13H16O3. The molecule has 1 aromatic carbocycles. The van der Waals surface area contributed by atoms with E-state index in [1.807, 2.05) is 24.3 Å². The van der Waals surface area contributed by atoms with Crippen LogP contribution in [0.1, 0.15) is 17.5 Å². The molecule has 16 heavy (non-hydrogen) atoms. The Morgan fingerprint density at radius 2 is 2.19 bits per heavy atom. The van der Waals surface area contributed by atoms with Crippen LogP contribution in [0.5, 0.6) is 0 Å². The smallest absolute Gasteiger partial charge is 0.330 e. The van der Waals surface area contributed by atoms with Crippen molar-refractivity contribution in [3.05, 3.63) is 41.5 Å². The Bertz CT molecular complexity index is 369. The van der Waals surface area contributed by atoms with Crippen LogP contribution in [0.4, 0.5) is 0 Å². The van der Waals surface area contributed by atoms with E-state index in [-0.39, 0.29) is 12.6 Å². The van der Waals surface area contributed by atoms with Gasteiger partial charge < -0.3 is 9.84 Å². The molecule has 3 heteroatoms. The predicted octanol–water partition coefficient (Wildman–Crippen LogP) is 1.80. The van der Waals surface area contributed by atoms with E-state index < -0.39 is 0 Å². The van der Waals surface area contributed by atoms with Gasteiger partial charge in [-0.3, -0.25) is 0 Å². The van der Waals surface area contributed by atoms with Crippen LogP contribution in [0.3, 0.4) is 0 Å². The fraction of sp³-hybridized carbons (Fsp3) is 0.308. The standard InChI is InChI=1S/C13H16O3/c1-16-13(15)9-8-12-6-3-2-5-11(12)7-4-10-14/h2-3,5-6,8-9,14H,4,7,10H2,1H3. The minimum atomic E-state index is -0.364. The summed E-state index contributed by atoms with van der Waals surface area (Å²) >= 11 is 0. The molecule has 0 spiro atoms. The second-order valence-corrected chi connectivity index (χ2v) is 3.38. The lowest BCUT2D eigenvalue weighted by atomic mass is 10.0. The van der Waals surface area contributed by atoms with Crippen LogP contribution in [0.15, 0.2) is 30.3 Å². The molecule has 1 aromatic rings. The van der Waals surface area contributed by atoms with Gasteiger partial charge in [-0.25, -0.2) is 4.79 Å². The normalized spacial score (nSPS) is 10.6. The number of ether oxygens (including phenoxy) is 1. The van der Waals surface area contributed by atoms with E-state index in [0.29, 0.717) is 0 Å². The monoisotopic (exact) mass is 220 g/mol. The van der Waals surface area contributed by atoms with Crippen LogP contribution < -0.4 is 0 Å². The molecule has 1 N–H and O–H groups in total. The zero-order valence-electron chi connectivity index (χ0n) is 9.35. The minimum Gasteiger partial charge on any atom is -0.466 e. The first-order valence-corrected chi connectivity index (χ1v) is 5.22. The van der Waals surface area contributed by atoms with E-state index in [0.717, 1.165) is 24.0 Å². The number of rotatable bonds is 5. The Balaban J connectivity index is 2.78. The van der Waals surface area contributed by atoms with Gasteiger partial charge in [-0.2, -0.15) is 0 Å². The maximum Gasteiger partial charge on any atom is 0.330 e. The molecule has 1 rings (SSSR count). The number of benzene rings is 1. The Morgan fingerprint density at radius 3 is 2.88 bits per heavy atom. The van der Waals surface area contributed by atoms with Gasteiger partial charge in [-0.05, 0) is 30.0 Å². The van der Waals surface area contributed by atoms with E-state index in [2.05, 4.69) is 4.74 Å². The second kappa shape index (κ2) is 6.80. The lowest BCUT2D eigenvalue weighted by Gasteiger charge is -2.04. The molecule has 3 nitrogen and oxygen atoms in total. The van der Waals surface area contributed by atoms with Crippen molar-refractivity contribution in [2.24, 2.45) is 0 Å². The molecule has 0 aliphatic heterocycles. The van der Waals surface area contributed by atoms with Gasteiger partial charge in [-0.1, -0.05) is 24.3 Å². The number of aliphatic hydroxyl groups excluding tert-OH is 1. The lowest BCUT2D eigenvalue weighted by Crippen LogP contribution is -1.95. The third-order valence-corrected chi connectivity index (χ3v) is 2.26. The average molecular weight is 220 g/mol. The highest BCUT2D eigenvalue weighted by molar-refractivity contribution is 5.87. The Labute approximate surface area is 95.4 Å². The van der Waals surface area contributed by atoms with E-state index >= 15 is 0 Å². The van der Waals surface area contributed by atoms with Gasteiger partial charge in [0, 0.05) is 12.7 Å². The van der Waals surface area contributed by atoms with E-state index in [1.54, 1.807) is 6.08 Å². The van der Waals surface area contributed by atoms with Crippen LogP contribution in [0.25, 0.3) is 6.08 Å². The Hall–Kier alpha value is -1.61. The molecular weight excluding hydrogens is 204 g/mol. The minimum absolute atomic E-state index is 0.176. The zero-order valence-corrected chi connectivity index (χ0v) is 9.35. The molecule has 0 aliphatic carbocycles. The molecule has 86 valence electrons. The van der Waals surface area contributed by atoms with Crippen LogP contribution in [0.2, 0.25) is 0 Å². The van der Waals surface area contributed by atoms with Crippen molar-refractivity contribution in [1.82, 2.24) is 0 Å². The summed E-state index contributed by atoms with van der Waals surface area (Å²) < 4.78 is 4.53. The van der Waals surface area contributed by atoms with Gasteiger partial charge in [0.25, 0.3) is 0 Å². The fourth-order valence-corrected chi connectivity index (χ4v) is 1.42. The average Bonchev–Trinajstić information content (AvgIpc) is 2.34. The highest BCUT2D eigenvalue weighted by Gasteiger charge is 1.99.